The Bertz CT molecular complexity index is 605. The van der Waals surface area contributed by atoms with Crippen molar-refractivity contribution >= 4 is 22.5 Å². The van der Waals surface area contributed by atoms with E-state index in [-0.39, 0.29) is 11.6 Å². The molecule has 0 spiro atoms. The van der Waals surface area contributed by atoms with Crippen LogP contribution in [0.2, 0.25) is 0 Å². The smallest absolute Gasteiger partial charge is 0.163 e. The molecule has 0 radical (unpaired) electrons. The average Bonchev–Trinajstić information content (AvgIpc) is 2.65. The highest BCUT2D eigenvalue weighted by atomic mass is 16.3. The summed E-state index contributed by atoms with van der Waals surface area (Å²) < 4.78 is 5.61. The highest BCUT2D eigenvalue weighted by molar-refractivity contribution is 6.09. The molecule has 0 atom stereocenters. The van der Waals surface area contributed by atoms with Crippen LogP contribution < -0.4 is 0 Å². The largest absolute Gasteiger partial charge is 0.460 e. The SMILES string of the molecule is CCc1oc2ccc(C(C)=O)cc2c1C(C)=O. The summed E-state index contributed by atoms with van der Waals surface area (Å²) in [5, 5.41) is 0.738. The van der Waals surface area contributed by atoms with Gasteiger partial charge in [-0.1, -0.05) is 6.92 Å². The van der Waals surface area contributed by atoms with Crippen molar-refractivity contribution in [2.75, 3.05) is 0 Å². The van der Waals surface area contributed by atoms with Crippen molar-refractivity contribution in [2.24, 2.45) is 0 Å². The normalized spacial score (nSPS) is 10.8. The molecule has 0 saturated heterocycles. The third-order valence-corrected chi connectivity index (χ3v) is 2.84. The van der Waals surface area contributed by atoms with Gasteiger partial charge < -0.3 is 4.42 Å². The number of carbonyl (C=O) groups excluding carboxylic acids is 2. The highest BCUT2D eigenvalue weighted by Crippen LogP contribution is 2.28. The van der Waals surface area contributed by atoms with Gasteiger partial charge in [0.2, 0.25) is 0 Å². The first-order chi connectivity index (χ1) is 8.04. The Morgan fingerprint density at radius 3 is 2.41 bits per heavy atom. The van der Waals surface area contributed by atoms with E-state index in [0.717, 1.165) is 5.39 Å². The fourth-order valence-corrected chi connectivity index (χ4v) is 2.00. The molecular formula is C14H14O3. The summed E-state index contributed by atoms with van der Waals surface area (Å²) in [6, 6.07) is 5.20. The summed E-state index contributed by atoms with van der Waals surface area (Å²) in [4.78, 5) is 23.0. The van der Waals surface area contributed by atoms with Gasteiger partial charge in [0.05, 0.1) is 5.56 Å². The fourth-order valence-electron chi connectivity index (χ4n) is 2.00. The van der Waals surface area contributed by atoms with E-state index >= 15 is 0 Å². The number of furan rings is 1. The van der Waals surface area contributed by atoms with E-state index in [4.69, 9.17) is 4.42 Å². The van der Waals surface area contributed by atoms with E-state index in [0.29, 0.717) is 28.9 Å². The Morgan fingerprint density at radius 2 is 1.88 bits per heavy atom. The van der Waals surface area contributed by atoms with Crippen molar-refractivity contribution in [2.45, 2.75) is 27.2 Å². The van der Waals surface area contributed by atoms with Gasteiger partial charge in [-0.15, -0.1) is 0 Å². The lowest BCUT2D eigenvalue weighted by Gasteiger charge is -1.97. The van der Waals surface area contributed by atoms with E-state index < -0.39 is 0 Å². The number of ketones is 2. The quantitative estimate of drug-likeness (QED) is 0.759. The molecule has 3 nitrogen and oxygen atoms in total. The molecule has 2 aromatic rings. The highest BCUT2D eigenvalue weighted by Gasteiger charge is 2.17. The molecular weight excluding hydrogens is 216 g/mol. The first-order valence-electron chi connectivity index (χ1n) is 5.62. The third-order valence-electron chi connectivity index (χ3n) is 2.84. The van der Waals surface area contributed by atoms with Gasteiger partial charge in [0.15, 0.2) is 11.6 Å². The van der Waals surface area contributed by atoms with Crippen LogP contribution in [0.25, 0.3) is 11.0 Å². The molecule has 88 valence electrons. The summed E-state index contributed by atoms with van der Waals surface area (Å²) in [5.74, 6) is 0.648. The van der Waals surface area contributed by atoms with Gasteiger partial charge in [0, 0.05) is 17.4 Å². The molecule has 0 aliphatic heterocycles. The number of carbonyl (C=O) groups is 2. The van der Waals surface area contributed by atoms with Gasteiger partial charge in [-0.2, -0.15) is 0 Å². The van der Waals surface area contributed by atoms with E-state index in [1.54, 1.807) is 18.2 Å². The van der Waals surface area contributed by atoms with Crippen molar-refractivity contribution < 1.29 is 14.0 Å². The second-order valence-electron chi connectivity index (χ2n) is 4.08. The Kier molecular flexibility index (Phi) is 2.84. The third kappa shape index (κ3) is 1.88. The predicted molar refractivity (Wildman–Crippen MR) is 65.6 cm³/mol. The van der Waals surface area contributed by atoms with Gasteiger partial charge in [-0.25, -0.2) is 0 Å². The molecule has 0 unspecified atom stereocenters. The fraction of sp³-hybridized carbons (Fsp3) is 0.286. The number of Topliss-reactive ketones (excluding diaryl/α,β-unsaturated/α-hetero) is 2. The van der Waals surface area contributed by atoms with Crippen LogP contribution in [-0.4, -0.2) is 11.6 Å². The second-order valence-corrected chi connectivity index (χ2v) is 4.08. The maximum atomic E-state index is 11.6. The zero-order valence-corrected chi connectivity index (χ0v) is 10.2. The zero-order chi connectivity index (χ0) is 12.6. The van der Waals surface area contributed by atoms with Crippen LogP contribution in [0.1, 0.15) is 47.2 Å². The summed E-state index contributed by atoms with van der Waals surface area (Å²) in [6.07, 6.45) is 0.666. The number of benzene rings is 1. The number of rotatable bonds is 3. The molecule has 17 heavy (non-hydrogen) atoms. The van der Waals surface area contributed by atoms with Crippen LogP contribution in [0.3, 0.4) is 0 Å². The Hall–Kier alpha value is -1.90. The van der Waals surface area contributed by atoms with Crippen LogP contribution in [0.5, 0.6) is 0 Å². The van der Waals surface area contributed by atoms with Gasteiger partial charge in [0.1, 0.15) is 11.3 Å². The van der Waals surface area contributed by atoms with Crippen LogP contribution in [0.4, 0.5) is 0 Å². The van der Waals surface area contributed by atoms with E-state index in [1.165, 1.54) is 13.8 Å². The maximum absolute atomic E-state index is 11.6. The lowest BCUT2D eigenvalue weighted by molar-refractivity contribution is 0.100. The molecule has 2 rings (SSSR count). The van der Waals surface area contributed by atoms with Gasteiger partial charge in [0.25, 0.3) is 0 Å². The second kappa shape index (κ2) is 4.17. The number of hydrogen-bond donors (Lipinski definition) is 0. The Balaban J connectivity index is 2.78. The molecule has 0 saturated carbocycles. The van der Waals surface area contributed by atoms with E-state index in [1.807, 2.05) is 6.92 Å². The van der Waals surface area contributed by atoms with Crippen LogP contribution in [0.15, 0.2) is 22.6 Å². The summed E-state index contributed by atoms with van der Waals surface area (Å²) in [6.45, 7) is 4.97. The topological polar surface area (TPSA) is 47.3 Å². The summed E-state index contributed by atoms with van der Waals surface area (Å²) in [7, 11) is 0. The average molecular weight is 230 g/mol. The molecule has 0 aliphatic rings. The van der Waals surface area contributed by atoms with Crippen molar-refractivity contribution in [1.82, 2.24) is 0 Å². The van der Waals surface area contributed by atoms with Crippen LogP contribution in [0, 0.1) is 0 Å². The molecule has 0 bridgehead atoms. The first-order valence-corrected chi connectivity index (χ1v) is 5.62. The lowest BCUT2D eigenvalue weighted by Crippen LogP contribution is -1.96. The molecule has 1 aromatic heterocycles. The Labute approximate surface area is 99.4 Å². The van der Waals surface area contributed by atoms with Crippen molar-refractivity contribution in [1.29, 1.82) is 0 Å². The van der Waals surface area contributed by atoms with Crippen molar-refractivity contribution in [3.8, 4) is 0 Å². The van der Waals surface area contributed by atoms with Crippen LogP contribution in [-0.2, 0) is 6.42 Å². The van der Waals surface area contributed by atoms with E-state index in [9.17, 15) is 9.59 Å². The minimum atomic E-state index is -0.0266. The van der Waals surface area contributed by atoms with Gasteiger partial charge in [-0.05, 0) is 32.0 Å². The standard InChI is InChI=1S/C14H14O3/c1-4-12-14(9(3)16)11-7-10(8(2)15)5-6-13(11)17-12/h5-7H,4H2,1-3H3. The summed E-state index contributed by atoms with van der Waals surface area (Å²) in [5.41, 5.74) is 1.87. The van der Waals surface area contributed by atoms with Crippen LogP contribution >= 0.6 is 0 Å². The molecule has 0 N–H and O–H groups in total. The van der Waals surface area contributed by atoms with Crippen molar-refractivity contribution in [3.05, 3.63) is 35.1 Å². The summed E-state index contributed by atoms with van der Waals surface area (Å²) >= 11 is 0. The molecule has 1 aromatic carbocycles. The molecule has 3 heteroatoms. The minimum Gasteiger partial charge on any atom is -0.460 e. The van der Waals surface area contributed by atoms with Gasteiger partial charge >= 0.3 is 0 Å². The Morgan fingerprint density at radius 1 is 1.18 bits per heavy atom. The number of aryl methyl sites for hydroxylation is 1. The monoisotopic (exact) mass is 230 g/mol. The lowest BCUT2D eigenvalue weighted by atomic mass is 10.0. The van der Waals surface area contributed by atoms with E-state index in [2.05, 4.69) is 0 Å². The maximum Gasteiger partial charge on any atom is 0.163 e. The zero-order valence-electron chi connectivity index (χ0n) is 10.2. The van der Waals surface area contributed by atoms with Crippen molar-refractivity contribution in [3.63, 3.8) is 0 Å². The minimum absolute atomic E-state index is 0.0133. The number of hydrogen-bond acceptors (Lipinski definition) is 3. The molecule has 1 heterocycles. The van der Waals surface area contributed by atoms with Gasteiger partial charge in [-0.3, -0.25) is 9.59 Å². The predicted octanol–water partition coefficient (Wildman–Crippen LogP) is 3.40. The number of fused-ring (bicyclic) bond motifs is 1. The molecule has 0 amide bonds. The molecule has 0 fully saturated rings. The first kappa shape index (κ1) is 11.6. The molecule has 0 aliphatic carbocycles.